The van der Waals surface area contributed by atoms with Gasteiger partial charge in [-0.1, -0.05) is 31.3 Å². The first-order valence-electron chi connectivity index (χ1n) is 7.81. The molecule has 5 heteroatoms. The molecule has 2 fully saturated rings. The van der Waals surface area contributed by atoms with E-state index in [9.17, 15) is 0 Å². The Hall–Kier alpha value is -0.940. The van der Waals surface area contributed by atoms with Crippen molar-refractivity contribution in [2.24, 2.45) is 11.7 Å². The van der Waals surface area contributed by atoms with Crippen LogP contribution in [0.4, 0.5) is 0 Å². The Morgan fingerprint density at radius 2 is 2.25 bits per heavy atom. The van der Waals surface area contributed by atoms with Crippen LogP contribution in [0.2, 0.25) is 0 Å². The first-order chi connectivity index (χ1) is 9.63. The second-order valence-electron chi connectivity index (χ2n) is 6.63. The fourth-order valence-corrected chi connectivity index (χ4v) is 3.44. The lowest BCUT2D eigenvalue weighted by Crippen LogP contribution is -2.42. The van der Waals surface area contributed by atoms with E-state index >= 15 is 0 Å². The zero-order valence-electron chi connectivity index (χ0n) is 12.5. The predicted molar refractivity (Wildman–Crippen MR) is 75.4 cm³/mol. The van der Waals surface area contributed by atoms with Gasteiger partial charge in [-0.15, -0.1) is 0 Å². The molecular weight excluding hydrogens is 254 g/mol. The highest BCUT2D eigenvalue weighted by Gasteiger charge is 2.44. The maximum atomic E-state index is 6.12. The van der Waals surface area contributed by atoms with E-state index < -0.39 is 0 Å². The Morgan fingerprint density at radius 3 is 2.95 bits per heavy atom. The summed E-state index contributed by atoms with van der Waals surface area (Å²) >= 11 is 0. The summed E-state index contributed by atoms with van der Waals surface area (Å²) in [6.45, 7) is 5.45. The highest BCUT2D eigenvalue weighted by atomic mass is 16.5. The van der Waals surface area contributed by atoms with Crippen LogP contribution in [0.25, 0.3) is 0 Å². The third-order valence-electron chi connectivity index (χ3n) is 5.17. The Morgan fingerprint density at radius 1 is 1.40 bits per heavy atom. The molecule has 1 saturated heterocycles. The summed E-state index contributed by atoms with van der Waals surface area (Å²) in [5.74, 6) is 2.78. The first-order valence-corrected chi connectivity index (χ1v) is 7.81. The van der Waals surface area contributed by atoms with E-state index in [1.54, 1.807) is 0 Å². The lowest BCUT2D eigenvalue weighted by molar-refractivity contribution is 0.169. The minimum atomic E-state index is -0.329. The van der Waals surface area contributed by atoms with Gasteiger partial charge in [-0.25, -0.2) is 0 Å². The Bertz CT molecular complexity index is 462. The second-order valence-corrected chi connectivity index (χ2v) is 6.63. The van der Waals surface area contributed by atoms with Gasteiger partial charge in [-0.3, -0.25) is 0 Å². The third-order valence-corrected chi connectivity index (χ3v) is 5.17. The van der Waals surface area contributed by atoms with Crippen LogP contribution < -0.4 is 5.73 Å². The fourth-order valence-electron chi connectivity index (χ4n) is 3.44. The third kappa shape index (κ3) is 2.37. The number of aromatic nitrogens is 2. The van der Waals surface area contributed by atoms with Crippen molar-refractivity contribution in [3.8, 4) is 0 Å². The Balaban J connectivity index is 1.76. The van der Waals surface area contributed by atoms with E-state index in [2.05, 4.69) is 24.0 Å². The van der Waals surface area contributed by atoms with Gasteiger partial charge in [-0.05, 0) is 25.7 Å². The van der Waals surface area contributed by atoms with Gasteiger partial charge >= 0.3 is 0 Å². The normalized spacial score (nSPS) is 38.2. The minimum absolute atomic E-state index is 0.0643. The highest BCUT2D eigenvalue weighted by molar-refractivity contribution is 5.12. The highest BCUT2D eigenvalue weighted by Crippen LogP contribution is 2.38. The molecule has 112 valence electrons. The average molecular weight is 279 g/mol. The van der Waals surface area contributed by atoms with Crippen LogP contribution in [0.1, 0.15) is 63.6 Å². The molecule has 5 nitrogen and oxygen atoms in total. The zero-order chi connectivity index (χ0) is 14.2. The van der Waals surface area contributed by atoms with Crippen molar-refractivity contribution in [1.82, 2.24) is 10.1 Å². The number of nitrogens with zero attached hydrogens (tertiary/aromatic N) is 2. The summed E-state index contributed by atoms with van der Waals surface area (Å²) in [6.07, 6.45) is 6.22. The maximum absolute atomic E-state index is 6.12. The smallest absolute Gasteiger partial charge is 0.236 e. The molecule has 2 N–H and O–H groups in total. The lowest BCUT2D eigenvalue weighted by atomic mass is 9.80. The molecule has 0 bridgehead atoms. The van der Waals surface area contributed by atoms with E-state index in [0.29, 0.717) is 25.0 Å². The van der Waals surface area contributed by atoms with Crippen LogP contribution in [0, 0.1) is 5.92 Å². The second kappa shape index (κ2) is 5.45. The van der Waals surface area contributed by atoms with Crippen LogP contribution in [0.5, 0.6) is 0 Å². The van der Waals surface area contributed by atoms with Gasteiger partial charge < -0.3 is 15.0 Å². The van der Waals surface area contributed by atoms with Crippen molar-refractivity contribution in [2.45, 2.75) is 63.3 Å². The van der Waals surface area contributed by atoms with Crippen LogP contribution in [-0.4, -0.2) is 29.4 Å². The number of hydrogen-bond acceptors (Lipinski definition) is 5. The molecule has 1 saturated carbocycles. The molecule has 3 rings (SSSR count). The summed E-state index contributed by atoms with van der Waals surface area (Å²) in [7, 11) is 0. The monoisotopic (exact) mass is 279 g/mol. The SMILES string of the molecule is CCC1CCCC(c2noc(C3(C)COCC3N)n2)C1. The van der Waals surface area contributed by atoms with Crippen LogP contribution >= 0.6 is 0 Å². The van der Waals surface area contributed by atoms with Gasteiger partial charge in [0, 0.05) is 12.0 Å². The van der Waals surface area contributed by atoms with E-state index in [-0.39, 0.29) is 11.5 Å². The molecule has 0 radical (unpaired) electrons. The van der Waals surface area contributed by atoms with E-state index in [1.165, 1.54) is 32.1 Å². The van der Waals surface area contributed by atoms with Gasteiger partial charge in [0.15, 0.2) is 5.82 Å². The van der Waals surface area contributed by atoms with Gasteiger partial charge in [0.1, 0.15) is 0 Å². The van der Waals surface area contributed by atoms with Gasteiger partial charge in [0.05, 0.1) is 18.6 Å². The maximum Gasteiger partial charge on any atom is 0.236 e. The number of hydrogen-bond donors (Lipinski definition) is 1. The molecule has 2 aliphatic rings. The molecule has 0 aromatic carbocycles. The van der Waals surface area contributed by atoms with E-state index in [0.717, 1.165) is 11.7 Å². The number of ether oxygens (including phenoxy) is 1. The summed E-state index contributed by atoms with van der Waals surface area (Å²) in [6, 6.07) is -0.0643. The molecule has 20 heavy (non-hydrogen) atoms. The Kier molecular flexibility index (Phi) is 3.82. The number of rotatable bonds is 3. The molecule has 1 aliphatic heterocycles. The molecule has 4 atom stereocenters. The van der Waals surface area contributed by atoms with Crippen LogP contribution in [-0.2, 0) is 10.2 Å². The van der Waals surface area contributed by atoms with E-state index in [1.807, 2.05) is 0 Å². The summed E-state index contributed by atoms with van der Waals surface area (Å²) < 4.78 is 11.0. The van der Waals surface area contributed by atoms with Crippen molar-refractivity contribution in [3.05, 3.63) is 11.7 Å². The van der Waals surface area contributed by atoms with Crippen molar-refractivity contribution in [3.63, 3.8) is 0 Å². The molecule has 1 aromatic heterocycles. The molecular formula is C15H25N3O2. The number of nitrogens with two attached hydrogens (primary N) is 1. The standard InChI is InChI=1S/C15H25N3O2/c1-3-10-5-4-6-11(7-10)13-17-14(20-18-13)15(2)9-19-8-12(15)16/h10-12H,3-9,16H2,1-2H3. The topological polar surface area (TPSA) is 74.2 Å². The molecule has 1 aliphatic carbocycles. The lowest BCUT2D eigenvalue weighted by Gasteiger charge is -2.26. The molecule has 1 aromatic rings. The van der Waals surface area contributed by atoms with Crippen molar-refractivity contribution < 1.29 is 9.26 Å². The van der Waals surface area contributed by atoms with Gasteiger partial charge in [-0.2, -0.15) is 4.98 Å². The van der Waals surface area contributed by atoms with Crippen molar-refractivity contribution in [2.75, 3.05) is 13.2 Å². The first kappa shape index (κ1) is 14.0. The van der Waals surface area contributed by atoms with Crippen molar-refractivity contribution in [1.29, 1.82) is 0 Å². The summed E-state index contributed by atoms with van der Waals surface area (Å²) in [5.41, 5.74) is 5.79. The quantitative estimate of drug-likeness (QED) is 0.919. The van der Waals surface area contributed by atoms with E-state index in [4.69, 9.17) is 15.0 Å². The molecule has 4 unspecified atom stereocenters. The molecule has 0 amide bonds. The average Bonchev–Trinajstić information content (AvgIpc) is 3.08. The van der Waals surface area contributed by atoms with Crippen molar-refractivity contribution >= 4 is 0 Å². The van der Waals surface area contributed by atoms with Crippen LogP contribution in [0.3, 0.4) is 0 Å². The van der Waals surface area contributed by atoms with Gasteiger partial charge in [0.25, 0.3) is 0 Å². The fraction of sp³-hybridized carbons (Fsp3) is 0.867. The minimum Gasteiger partial charge on any atom is -0.379 e. The largest absolute Gasteiger partial charge is 0.379 e. The molecule has 0 spiro atoms. The summed E-state index contributed by atoms with van der Waals surface area (Å²) in [4.78, 5) is 4.67. The summed E-state index contributed by atoms with van der Waals surface area (Å²) in [5, 5.41) is 4.24. The zero-order valence-corrected chi connectivity index (χ0v) is 12.5. The Labute approximate surface area is 120 Å². The molecule has 2 heterocycles. The van der Waals surface area contributed by atoms with Gasteiger partial charge in [0.2, 0.25) is 5.89 Å². The predicted octanol–water partition coefficient (Wildman–Crippen LogP) is 2.37. The van der Waals surface area contributed by atoms with Crippen LogP contribution in [0.15, 0.2) is 4.52 Å².